The van der Waals surface area contributed by atoms with Crippen LogP contribution in [0.15, 0.2) is 0 Å². The quantitative estimate of drug-likeness (QED) is 0.366. The van der Waals surface area contributed by atoms with Crippen LogP contribution in [0.5, 0.6) is 0 Å². The fourth-order valence-corrected chi connectivity index (χ4v) is 12.2. The fourth-order valence-electron chi connectivity index (χ4n) is 6.53. The van der Waals surface area contributed by atoms with Crippen LogP contribution >= 0.6 is 0 Å². The second kappa shape index (κ2) is 8.20. The van der Waals surface area contributed by atoms with Gasteiger partial charge in [-0.25, -0.2) is 26.4 Å². The highest BCUT2D eigenvalue weighted by Crippen LogP contribution is 2.56. The molecule has 0 aromatic rings. The number of carbonyl (C=O) groups is 1. The molecule has 0 saturated heterocycles. The summed E-state index contributed by atoms with van der Waals surface area (Å²) in [6.45, 7) is 3.52. The first-order chi connectivity index (χ1) is 14.2. The topological polar surface area (TPSA) is 162 Å². The lowest BCUT2D eigenvalue weighted by Gasteiger charge is -2.43. The van der Waals surface area contributed by atoms with E-state index in [0.29, 0.717) is 38.5 Å². The molecule has 0 aliphatic heterocycles. The maximum atomic E-state index is 14.1. The summed E-state index contributed by atoms with van der Waals surface area (Å²) in [5, 5.41) is 12.4. The number of hydrogen-bond donors (Lipinski definition) is 0. The molecule has 0 aromatic carbocycles. The molecule has 3 aliphatic rings. The molecule has 0 aromatic heterocycles. The third-order valence-corrected chi connectivity index (χ3v) is 13.3. The van der Waals surface area contributed by atoms with Crippen molar-refractivity contribution in [3.63, 3.8) is 0 Å². The summed E-state index contributed by atoms with van der Waals surface area (Å²) in [7, 11) is -7.63. The van der Waals surface area contributed by atoms with Crippen molar-refractivity contribution < 1.29 is 41.4 Å². The molecule has 0 amide bonds. The summed E-state index contributed by atoms with van der Waals surface area (Å²) in [5.41, 5.74) is 0. The van der Waals surface area contributed by atoms with Crippen LogP contribution in [0.4, 0.5) is 0 Å². The molecule has 2 bridgehead atoms. The lowest BCUT2D eigenvalue weighted by molar-refractivity contribution is -0.143. The Morgan fingerprint density at radius 2 is 1.65 bits per heavy atom. The minimum atomic E-state index is -3.89. The zero-order valence-corrected chi connectivity index (χ0v) is 19.8. The smallest absolute Gasteiger partial charge is 0.565 e. The van der Waals surface area contributed by atoms with Gasteiger partial charge in [0.2, 0.25) is 6.10 Å². The van der Waals surface area contributed by atoms with E-state index in [0.717, 1.165) is 6.26 Å². The van der Waals surface area contributed by atoms with E-state index in [4.69, 9.17) is 19.7 Å². The molecule has 3 saturated carbocycles. The van der Waals surface area contributed by atoms with Crippen molar-refractivity contribution in [2.24, 2.45) is 23.7 Å². The molecule has 5 N–H and O–H groups in total. The molecular weight excluding hydrogens is 448 g/mol. The lowest BCUT2D eigenvalue weighted by Crippen LogP contribution is -2.56. The Morgan fingerprint density at radius 3 is 2.10 bits per heavy atom. The van der Waals surface area contributed by atoms with E-state index in [1.165, 1.54) is 0 Å². The van der Waals surface area contributed by atoms with Crippen LogP contribution in [0.2, 0.25) is 0 Å². The monoisotopic (exact) mass is 483 g/mol. The Kier molecular flexibility index (Phi) is 6.43. The van der Waals surface area contributed by atoms with E-state index >= 15 is 0 Å². The first kappa shape index (κ1) is 24.3. The normalized spacial score (nSPS) is 37.8. The van der Waals surface area contributed by atoms with Crippen LogP contribution in [-0.2, 0) is 29.2 Å². The van der Waals surface area contributed by atoms with Gasteiger partial charge in [-0.15, -0.1) is 0 Å². The molecule has 3 fully saturated rings. The zero-order valence-electron chi connectivity index (χ0n) is 18.2. The maximum absolute atomic E-state index is 14.1. The molecule has 31 heavy (non-hydrogen) atoms. The minimum Gasteiger partial charge on any atom is -0.565 e. The molecule has 6 atom stereocenters. The molecule has 178 valence electrons. The molecule has 6 unspecified atom stereocenters. The summed E-state index contributed by atoms with van der Waals surface area (Å²) in [6, 6.07) is 0. The number of sulfone groups is 2. The van der Waals surface area contributed by atoms with E-state index in [1.807, 2.05) is 6.92 Å². The minimum absolute atomic E-state index is 0.192. The predicted octanol–water partition coefficient (Wildman–Crippen LogP) is 0.0188. The van der Waals surface area contributed by atoms with Crippen molar-refractivity contribution >= 4 is 31.8 Å². The van der Waals surface area contributed by atoms with Gasteiger partial charge < -0.3 is 10.2 Å². The third-order valence-electron chi connectivity index (χ3n) is 8.22. The van der Waals surface area contributed by atoms with Gasteiger partial charge in [0.15, 0.2) is 19.7 Å². The van der Waals surface area contributed by atoms with Crippen molar-refractivity contribution in [2.75, 3.05) is 6.26 Å². The van der Waals surface area contributed by atoms with Gasteiger partial charge in [0.25, 0.3) is 0 Å². The van der Waals surface area contributed by atoms with Crippen LogP contribution in [0.3, 0.4) is 0 Å². The standard InChI is InChI=1S/C20H32O9S2/c1-4-20(2,12-5-7-13(8-6-12)29-19(23)24)31(27,28)16-11-9-14(15(10-11)18(21)22)17(16)30(3,25)26/h11-17H,4-10H2,1-3H3,(H,21,22)(H,23,24)/p+3. The summed E-state index contributed by atoms with van der Waals surface area (Å²) >= 11 is 0. The van der Waals surface area contributed by atoms with E-state index < -0.39 is 64.8 Å². The molecule has 3 rings (SSSR count). The Hall–Kier alpha value is -1.36. The van der Waals surface area contributed by atoms with Crippen LogP contribution in [-0.4, -0.2) is 71.6 Å². The van der Waals surface area contributed by atoms with E-state index in [2.05, 4.69) is 0 Å². The first-order valence-electron chi connectivity index (χ1n) is 10.9. The number of hydrogen-bond acceptors (Lipinski definition) is 6. The molecule has 0 radical (unpaired) electrons. The highest BCUT2D eigenvalue weighted by molar-refractivity contribution is 7.96. The zero-order chi connectivity index (χ0) is 23.4. The van der Waals surface area contributed by atoms with Gasteiger partial charge in [0.1, 0.15) is 5.92 Å². The molecule has 11 heteroatoms. The maximum Gasteiger partial charge on any atom is 0.883 e. The second-order valence-corrected chi connectivity index (χ2v) is 14.5. The number of carbonyl (C=O) groups excluding carboxylic acids is 2. The average molecular weight is 484 g/mol. The van der Waals surface area contributed by atoms with Gasteiger partial charge in [0, 0.05) is 23.9 Å². The molecule has 9 nitrogen and oxygen atoms in total. The lowest BCUT2D eigenvalue weighted by atomic mass is 9.78. The van der Waals surface area contributed by atoms with E-state index in [1.54, 1.807) is 6.92 Å². The van der Waals surface area contributed by atoms with Gasteiger partial charge in [-0.1, -0.05) is 6.92 Å². The summed E-state index contributed by atoms with van der Waals surface area (Å²) in [4.78, 5) is 20.8. The predicted molar refractivity (Wildman–Crippen MR) is 116 cm³/mol. The van der Waals surface area contributed by atoms with Gasteiger partial charge in [-0.05, 0) is 56.8 Å². The average Bonchev–Trinajstić information content (AvgIpc) is 3.26. The van der Waals surface area contributed by atoms with Crippen molar-refractivity contribution in [1.29, 1.82) is 0 Å². The Balaban J connectivity index is 1.91. The van der Waals surface area contributed by atoms with Crippen molar-refractivity contribution in [2.45, 2.75) is 80.1 Å². The summed E-state index contributed by atoms with van der Waals surface area (Å²) in [6.07, 6.45) is 2.95. The van der Waals surface area contributed by atoms with Gasteiger partial charge in [0.05, 0.1) is 15.2 Å². The van der Waals surface area contributed by atoms with E-state index in [-0.39, 0.29) is 18.4 Å². The molecule has 0 heterocycles. The number of rotatable bonds is 7. The second-order valence-electron chi connectivity index (χ2n) is 9.73. The number of ether oxygens (including phenoxy) is 1. The first-order valence-corrected chi connectivity index (χ1v) is 14.4. The van der Waals surface area contributed by atoms with Crippen molar-refractivity contribution in [1.82, 2.24) is 0 Å². The number of fused-ring (bicyclic) bond motifs is 2. The van der Waals surface area contributed by atoms with Gasteiger partial charge in [-0.2, -0.15) is 0 Å². The Bertz CT molecular complexity index is 934. The fraction of sp³-hybridized carbons (Fsp3) is 0.900. The highest BCUT2D eigenvalue weighted by Gasteiger charge is 2.66. The van der Waals surface area contributed by atoms with Crippen LogP contribution < -0.4 is 0 Å². The Labute approximate surface area is 183 Å². The third kappa shape index (κ3) is 4.07. The highest BCUT2D eigenvalue weighted by atomic mass is 32.2. The molecule has 0 spiro atoms. The van der Waals surface area contributed by atoms with Gasteiger partial charge in [-0.3, -0.25) is 0 Å². The van der Waals surface area contributed by atoms with Crippen LogP contribution in [0, 0.1) is 23.7 Å². The molecular formula is C20H35O9S2+3. The summed E-state index contributed by atoms with van der Waals surface area (Å²) in [5.74, 6) is -2.73. The Morgan fingerprint density at radius 1 is 1.06 bits per heavy atom. The summed E-state index contributed by atoms with van der Waals surface area (Å²) < 4.78 is 57.5. The van der Waals surface area contributed by atoms with Crippen LogP contribution in [0.1, 0.15) is 58.8 Å². The van der Waals surface area contributed by atoms with Crippen molar-refractivity contribution in [3.05, 3.63) is 0 Å². The molecule has 3 aliphatic carbocycles. The SMILES string of the molecule is CCC(C)(C1CCC(OC(=[OH+])[OH2+])CC1)S(=O)(=O)C1C2CC(C(=O)[OH2+])C(C2)C1S(C)(=O)=O. The van der Waals surface area contributed by atoms with E-state index in [9.17, 15) is 21.6 Å². The van der Waals surface area contributed by atoms with Crippen molar-refractivity contribution in [3.8, 4) is 0 Å². The van der Waals surface area contributed by atoms with Crippen LogP contribution in [0.25, 0.3) is 0 Å². The largest absolute Gasteiger partial charge is 0.883 e. The van der Waals surface area contributed by atoms with Gasteiger partial charge >= 0.3 is 12.1 Å².